The summed E-state index contributed by atoms with van der Waals surface area (Å²) in [5, 5.41) is 15.1. The van der Waals surface area contributed by atoms with Crippen LogP contribution in [-0.4, -0.2) is 44.6 Å². The second-order valence-electron chi connectivity index (χ2n) is 2.12. The smallest absolute Gasteiger partial charge is 0.269 e. The minimum Gasteiger partial charge on any atom is -0.330 e. The van der Waals surface area contributed by atoms with Crippen LogP contribution >= 0.6 is 11.8 Å². The summed E-state index contributed by atoms with van der Waals surface area (Å²) < 4.78 is 0. The van der Waals surface area contributed by atoms with Crippen LogP contribution in [0.5, 0.6) is 0 Å². The SMILES string of the molecule is NCCSCC(=O)Nc1nn[nH]n1. The van der Waals surface area contributed by atoms with Gasteiger partial charge in [0.1, 0.15) is 0 Å². The van der Waals surface area contributed by atoms with Crippen LogP contribution < -0.4 is 11.1 Å². The molecule has 0 aliphatic heterocycles. The summed E-state index contributed by atoms with van der Waals surface area (Å²) >= 11 is 1.46. The lowest BCUT2D eigenvalue weighted by atomic mass is 10.7. The molecule has 13 heavy (non-hydrogen) atoms. The van der Waals surface area contributed by atoms with Crippen molar-refractivity contribution in [2.75, 3.05) is 23.4 Å². The van der Waals surface area contributed by atoms with Crippen molar-refractivity contribution in [1.82, 2.24) is 20.6 Å². The van der Waals surface area contributed by atoms with Crippen LogP contribution in [0, 0.1) is 0 Å². The third-order valence-electron chi connectivity index (χ3n) is 1.09. The molecule has 8 heteroatoms. The molecule has 0 spiro atoms. The molecule has 1 aromatic rings. The van der Waals surface area contributed by atoms with E-state index in [1.807, 2.05) is 0 Å². The summed E-state index contributed by atoms with van der Waals surface area (Å²) in [6.45, 7) is 0.570. The van der Waals surface area contributed by atoms with E-state index in [-0.39, 0.29) is 11.9 Å². The first kappa shape index (κ1) is 9.93. The van der Waals surface area contributed by atoms with Gasteiger partial charge in [0.15, 0.2) is 0 Å². The maximum absolute atomic E-state index is 11.1. The summed E-state index contributed by atoms with van der Waals surface area (Å²) in [5.74, 6) is 1.16. The zero-order chi connectivity index (χ0) is 9.52. The fourth-order valence-corrected chi connectivity index (χ4v) is 1.19. The second kappa shape index (κ2) is 5.49. The lowest BCUT2D eigenvalue weighted by Gasteiger charge is -1.98. The molecule has 0 fully saturated rings. The Balaban J connectivity index is 2.18. The molecular formula is C5H10N6OS. The Hall–Kier alpha value is -1.15. The molecule has 7 nitrogen and oxygen atoms in total. The Kier molecular flexibility index (Phi) is 4.19. The number of H-pyrrole nitrogens is 1. The number of carbonyl (C=O) groups is 1. The third-order valence-corrected chi connectivity index (χ3v) is 2.08. The van der Waals surface area contributed by atoms with Crippen LogP contribution in [-0.2, 0) is 4.79 Å². The van der Waals surface area contributed by atoms with Gasteiger partial charge < -0.3 is 5.73 Å². The van der Waals surface area contributed by atoms with Crippen LogP contribution in [0.4, 0.5) is 5.95 Å². The number of aromatic amines is 1. The van der Waals surface area contributed by atoms with Crippen molar-refractivity contribution in [3.8, 4) is 0 Å². The zero-order valence-corrected chi connectivity index (χ0v) is 7.67. The molecule has 1 amide bonds. The quantitative estimate of drug-likeness (QED) is 0.519. The number of hydrogen-bond donors (Lipinski definition) is 3. The highest BCUT2D eigenvalue weighted by Crippen LogP contribution is 1.99. The third kappa shape index (κ3) is 3.85. The Bertz CT molecular complexity index is 250. The van der Waals surface area contributed by atoms with Crippen molar-refractivity contribution in [2.45, 2.75) is 0 Å². The number of nitrogens with two attached hydrogens (primary N) is 1. The van der Waals surface area contributed by atoms with Gasteiger partial charge in [0, 0.05) is 12.3 Å². The first-order chi connectivity index (χ1) is 6.33. The van der Waals surface area contributed by atoms with Gasteiger partial charge in [-0.3, -0.25) is 10.1 Å². The Morgan fingerprint density at radius 3 is 3.15 bits per heavy atom. The fourth-order valence-electron chi connectivity index (χ4n) is 0.624. The molecule has 0 unspecified atom stereocenters. The van der Waals surface area contributed by atoms with E-state index in [0.717, 1.165) is 5.75 Å². The molecule has 0 saturated heterocycles. The van der Waals surface area contributed by atoms with E-state index in [9.17, 15) is 4.79 Å². The van der Waals surface area contributed by atoms with Crippen molar-refractivity contribution in [1.29, 1.82) is 0 Å². The first-order valence-corrected chi connectivity index (χ1v) is 4.79. The number of hydrogen-bond acceptors (Lipinski definition) is 6. The van der Waals surface area contributed by atoms with Gasteiger partial charge in [-0.25, -0.2) is 0 Å². The van der Waals surface area contributed by atoms with Crippen LogP contribution in [0.15, 0.2) is 0 Å². The minimum atomic E-state index is -0.153. The molecule has 0 atom stereocenters. The van der Waals surface area contributed by atoms with E-state index in [1.54, 1.807) is 0 Å². The maximum Gasteiger partial charge on any atom is 0.269 e. The Morgan fingerprint density at radius 1 is 1.69 bits per heavy atom. The van der Waals surface area contributed by atoms with Gasteiger partial charge in [0.2, 0.25) is 5.91 Å². The lowest BCUT2D eigenvalue weighted by Crippen LogP contribution is -2.16. The first-order valence-electron chi connectivity index (χ1n) is 3.64. The molecule has 4 N–H and O–H groups in total. The highest BCUT2D eigenvalue weighted by atomic mass is 32.2. The maximum atomic E-state index is 11.1. The van der Waals surface area contributed by atoms with E-state index in [4.69, 9.17) is 5.73 Å². The molecule has 72 valence electrons. The van der Waals surface area contributed by atoms with Crippen molar-refractivity contribution >= 4 is 23.6 Å². The number of thioether (sulfide) groups is 1. The Labute approximate surface area is 78.8 Å². The zero-order valence-electron chi connectivity index (χ0n) is 6.86. The summed E-state index contributed by atoms with van der Waals surface area (Å²) in [7, 11) is 0. The largest absolute Gasteiger partial charge is 0.330 e. The molecule has 1 heterocycles. The lowest BCUT2D eigenvalue weighted by molar-refractivity contribution is -0.113. The van der Waals surface area contributed by atoms with Gasteiger partial charge >= 0.3 is 0 Å². The van der Waals surface area contributed by atoms with Gasteiger partial charge in [-0.1, -0.05) is 5.10 Å². The average molecular weight is 202 g/mol. The van der Waals surface area contributed by atoms with Crippen molar-refractivity contribution < 1.29 is 4.79 Å². The monoisotopic (exact) mass is 202 g/mol. The van der Waals surface area contributed by atoms with Crippen LogP contribution in [0.2, 0.25) is 0 Å². The van der Waals surface area contributed by atoms with Crippen LogP contribution in [0.3, 0.4) is 0 Å². The highest BCUT2D eigenvalue weighted by Gasteiger charge is 2.04. The van der Waals surface area contributed by atoms with E-state index in [1.165, 1.54) is 11.8 Å². The van der Waals surface area contributed by atoms with Crippen molar-refractivity contribution in [3.63, 3.8) is 0 Å². The van der Waals surface area contributed by atoms with Gasteiger partial charge in [-0.15, -0.1) is 5.10 Å². The summed E-state index contributed by atoms with van der Waals surface area (Å²) in [6, 6.07) is 0. The topological polar surface area (TPSA) is 110 Å². The number of carbonyl (C=O) groups excluding carboxylic acids is 1. The van der Waals surface area contributed by atoms with Gasteiger partial charge in [0.25, 0.3) is 5.95 Å². The number of aromatic nitrogens is 4. The summed E-state index contributed by atoms with van der Waals surface area (Å²) in [6.07, 6.45) is 0. The normalized spacial score (nSPS) is 9.92. The van der Waals surface area contributed by atoms with E-state index in [0.29, 0.717) is 12.3 Å². The standard InChI is InChI=1S/C5H10N6OS/c6-1-2-13-3-4(12)7-5-8-10-11-9-5/h1-3,6H2,(H2,7,8,9,10,11,12). The molecule has 0 radical (unpaired) electrons. The highest BCUT2D eigenvalue weighted by molar-refractivity contribution is 7.99. The van der Waals surface area contributed by atoms with E-state index in [2.05, 4.69) is 25.9 Å². The predicted molar refractivity (Wildman–Crippen MR) is 49.2 cm³/mol. The molecule has 1 aromatic heterocycles. The Morgan fingerprint density at radius 2 is 2.54 bits per heavy atom. The van der Waals surface area contributed by atoms with Crippen molar-refractivity contribution in [3.05, 3.63) is 0 Å². The molecule has 0 aromatic carbocycles. The number of tetrazole rings is 1. The molecule has 0 aliphatic rings. The second-order valence-corrected chi connectivity index (χ2v) is 3.23. The van der Waals surface area contributed by atoms with Crippen LogP contribution in [0.25, 0.3) is 0 Å². The number of nitrogens with one attached hydrogen (secondary N) is 2. The van der Waals surface area contributed by atoms with Gasteiger partial charge in [-0.2, -0.15) is 17.0 Å². The number of rotatable bonds is 5. The predicted octanol–water partition coefficient (Wildman–Crippen LogP) is -1.17. The van der Waals surface area contributed by atoms with Gasteiger partial charge in [0.05, 0.1) is 5.75 Å². The summed E-state index contributed by atoms with van der Waals surface area (Å²) in [5.41, 5.74) is 5.26. The number of nitrogens with zero attached hydrogens (tertiary/aromatic N) is 3. The summed E-state index contributed by atoms with van der Waals surface area (Å²) in [4.78, 5) is 11.1. The van der Waals surface area contributed by atoms with Gasteiger partial charge in [-0.05, 0) is 5.21 Å². The fraction of sp³-hybridized carbons (Fsp3) is 0.600. The minimum absolute atomic E-state index is 0.153. The van der Waals surface area contributed by atoms with Crippen molar-refractivity contribution in [2.24, 2.45) is 5.73 Å². The number of anilines is 1. The molecule has 0 bridgehead atoms. The van der Waals surface area contributed by atoms with E-state index < -0.39 is 0 Å². The van der Waals surface area contributed by atoms with Crippen LogP contribution in [0.1, 0.15) is 0 Å². The average Bonchev–Trinajstić information content (AvgIpc) is 2.57. The molecule has 0 aliphatic carbocycles. The molecule has 1 rings (SSSR count). The number of amides is 1. The van der Waals surface area contributed by atoms with E-state index >= 15 is 0 Å². The molecule has 0 saturated carbocycles. The molecular weight excluding hydrogens is 192 g/mol.